The number of hydrogen-bond acceptors (Lipinski definition) is 3. The Morgan fingerprint density at radius 3 is 2.10 bits per heavy atom. The summed E-state index contributed by atoms with van der Waals surface area (Å²) in [6.07, 6.45) is 3.42. The van der Waals surface area contributed by atoms with E-state index in [4.69, 9.17) is 0 Å². The van der Waals surface area contributed by atoms with E-state index in [9.17, 15) is 18.4 Å². The standard InChI is InChI=1S/C22H23F2N3O2/c23-14-5-8-17(19(24)13-14)21(28)26-16-9-11-27(12-10-16)20-4-2-1-3-18(20)22(29)25-15-6-7-15/h1-5,8,13,15-16H,6-7,9-12H2,(H,25,29)(H,26,28). The minimum Gasteiger partial charge on any atom is -0.371 e. The molecule has 4 rings (SSSR count). The van der Waals surface area contributed by atoms with Gasteiger partial charge in [-0.25, -0.2) is 8.78 Å². The Morgan fingerprint density at radius 1 is 0.828 bits per heavy atom. The van der Waals surface area contributed by atoms with E-state index in [-0.39, 0.29) is 17.5 Å². The first-order valence-electron chi connectivity index (χ1n) is 9.92. The van der Waals surface area contributed by atoms with Crippen molar-refractivity contribution >= 4 is 17.5 Å². The van der Waals surface area contributed by atoms with E-state index in [2.05, 4.69) is 15.5 Å². The van der Waals surface area contributed by atoms with Crippen LogP contribution in [0.1, 0.15) is 46.4 Å². The topological polar surface area (TPSA) is 61.4 Å². The smallest absolute Gasteiger partial charge is 0.254 e. The maximum Gasteiger partial charge on any atom is 0.254 e. The molecule has 152 valence electrons. The van der Waals surface area contributed by atoms with Gasteiger partial charge in [0.25, 0.3) is 11.8 Å². The third-order valence-electron chi connectivity index (χ3n) is 5.41. The van der Waals surface area contributed by atoms with Crippen molar-refractivity contribution in [1.29, 1.82) is 0 Å². The summed E-state index contributed by atoms with van der Waals surface area (Å²) in [5.41, 5.74) is 1.39. The summed E-state index contributed by atoms with van der Waals surface area (Å²) in [5.74, 6) is -2.16. The van der Waals surface area contributed by atoms with Crippen LogP contribution in [-0.4, -0.2) is 37.0 Å². The quantitative estimate of drug-likeness (QED) is 0.811. The van der Waals surface area contributed by atoms with Crippen molar-refractivity contribution in [1.82, 2.24) is 10.6 Å². The molecule has 0 unspecified atom stereocenters. The molecule has 0 atom stereocenters. The van der Waals surface area contributed by atoms with E-state index < -0.39 is 17.5 Å². The minimum atomic E-state index is -0.865. The van der Waals surface area contributed by atoms with Crippen molar-refractivity contribution in [3.8, 4) is 0 Å². The molecule has 2 amide bonds. The van der Waals surface area contributed by atoms with Crippen molar-refractivity contribution in [2.45, 2.75) is 37.8 Å². The Kier molecular flexibility index (Phi) is 5.47. The molecule has 2 fully saturated rings. The van der Waals surface area contributed by atoms with E-state index in [0.29, 0.717) is 43.6 Å². The van der Waals surface area contributed by atoms with Crippen molar-refractivity contribution in [2.75, 3.05) is 18.0 Å². The summed E-state index contributed by atoms with van der Waals surface area (Å²) < 4.78 is 26.8. The minimum absolute atomic E-state index is 0.0506. The molecule has 2 aromatic carbocycles. The van der Waals surface area contributed by atoms with E-state index in [1.807, 2.05) is 24.3 Å². The number of benzene rings is 2. The van der Waals surface area contributed by atoms with E-state index >= 15 is 0 Å². The van der Waals surface area contributed by atoms with E-state index in [1.165, 1.54) is 0 Å². The van der Waals surface area contributed by atoms with Crippen molar-refractivity contribution in [3.63, 3.8) is 0 Å². The zero-order valence-electron chi connectivity index (χ0n) is 16.0. The molecule has 0 radical (unpaired) electrons. The molecule has 0 bridgehead atoms. The van der Waals surface area contributed by atoms with E-state index in [0.717, 1.165) is 30.7 Å². The van der Waals surface area contributed by atoms with Crippen LogP contribution >= 0.6 is 0 Å². The fraction of sp³-hybridized carbons (Fsp3) is 0.364. The molecule has 1 saturated carbocycles. The fourth-order valence-corrected chi connectivity index (χ4v) is 3.63. The normalized spacial score (nSPS) is 17.1. The van der Waals surface area contributed by atoms with Crippen molar-refractivity contribution in [2.24, 2.45) is 0 Å². The lowest BCUT2D eigenvalue weighted by atomic mass is 10.0. The van der Waals surface area contributed by atoms with Crippen LogP contribution in [0.2, 0.25) is 0 Å². The predicted octanol–water partition coefficient (Wildman–Crippen LogP) is 3.26. The molecular weight excluding hydrogens is 376 g/mol. The summed E-state index contributed by atoms with van der Waals surface area (Å²) in [5, 5.41) is 5.86. The molecule has 5 nitrogen and oxygen atoms in total. The number of amides is 2. The van der Waals surface area contributed by atoms with Gasteiger partial charge in [-0.15, -0.1) is 0 Å². The van der Waals surface area contributed by atoms with Crippen molar-refractivity contribution < 1.29 is 18.4 Å². The Labute approximate surface area is 168 Å². The van der Waals surface area contributed by atoms with Gasteiger partial charge in [0.05, 0.1) is 11.1 Å². The second-order valence-electron chi connectivity index (χ2n) is 7.62. The molecule has 2 N–H and O–H groups in total. The molecule has 7 heteroatoms. The Bertz CT molecular complexity index is 922. The summed E-state index contributed by atoms with van der Waals surface area (Å²) >= 11 is 0. The van der Waals surface area contributed by atoms with Gasteiger partial charge >= 0.3 is 0 Å². The number of nitrogens with one attached hydrogen (secondary N) is 2. The van der Waals surface area contributed by atoms with Gasteiger partial charge in [-0.05, 0) is 49.9 Å². The third-order valence-corrected chi connectivity index (χ3v) is 5.41. The van der Waals surface area contributed by atoms with Crippen LogP contribution in [0.3, 0.4) is 0 Å². The second-order valence-corrected chi connectivity index (χ2v) is 7.62. The van der Waals surface area contributed by atoms with Crippen LogP contribution in [0, 0.1) is 11.6 Å². The number of anilines is 1. The Morgan fingerprint density at radius 2 is 1.45 bits per heavy atom. The molecule has 0 aromatic heterocycles. The Hall–Kier alpha value is -2.96. The number of piperidine rings is 1. The summed E-state index contributed by atoms with van der Waals surface area (Å²) in [6.45, 7) is 1.34. The van der Waals surface area contributed by atoms with Crippen LogP contribution in [0.4, 0.5) is 14.5 Å². The number of carbonyl (C=O) groups excluding carboxylic acids is 2. The van der Waals surface area contributed by atoms with Crippen LogP contribution in [0.5, 0.6) is 0 Å². The summed E-state index contributed by atoms with van der Waals surface area (Å²) in [4.78, 5) is 27.0. The van der Waals surface area contributed by atoms with E-state index in [1.54, 1.807) is 0 Å². The van der Waals surface area contributed by atoms with Gasteiger partial charge in [0.15, 0.2) is 0 Å². The van der Waals surface area contributed by atoms with Gasteiger partial charge in [-0.1, -0.05) is 12.1 Å². The maximum atomic E-state index is 13.8. The molecule has 1 aliphatic carbocycles. The average molecular weight is 399 g/mol. The highest BCUT2D eigenvalue weighted by Gasteiger charge is 2.27. The highest BCUT2D eigenvalue weighted by atomic mass is 19.1. The molecule has 0 spiro atoms. The highest BCUT2D eigenvalue weighted by Crippen LogP contribution is 2.26. The van der Waals surface area contributed by atoms with Gasteiger partial charge in [-0.3, -0.25) is 9.59 Å². The number of carbonyl (C=O) groups is 2. The lowest BCUT2D eigenvalue weighted by Crippen LogP contribution is -2.45. The van der Waals surface area contributed by atoms with Gasteiger partial charge in [0.1, 0.15) is 11.6 Å². The number of para-hydroxylation sites is 1. The Balaban J connectivity index is 1.37. The summed E-state index contributed by atoms with van der Waals surface area (Å²) in [7, 11) is 0. The van der Waals surface area contributed by atoms with Crippen LogP contribution in [0.25, 0.3) is 0 Å². The predicted molar refractivity (Wildman–Crippen MR) is 106 cm³/mol. The molecule has 2 aliphatic rings. The number of hydrogen-bond donors (Lipinski definition) is 2. The first-order chi connectivity index (χ1) is 14.0. The largest absolute Gasteiger partial charge is 0.371 e. The van der Waals surface area contributed by atoms with Gasteiger partial charge in [0.2, 0.25) is 0 Å². The molecule has 1 heterocycles. The molecule has 2 aromatic rings. The highest BCUT2D eigenvalue weighted by molar-refractivity contribution is 6.00. The number of halogens is 2. The van der Waals surface area contributed by atoms with Gasteiger partial charge in [-0.2, -0.15) is 0 Å². The lowest BCUT2D eigenvalue weighted by Gasteiger charge is -2.35. The SMILES string of the molecule is O=C(NC1CCN(c2ccccc2C(=O)NC2CC2)CC1)c1ccc(F)cc1F. The zero-order chi connectivity index (χ0) is 20.4. The van der Waals surface area contributed by atoms with Crippen molar-refractivity contribution in [3.05, 3.63) is 65.2 Å². The summed E-state index contributed by atoms with van der Waals surface area (Å²) in [6, 6.07) is 10.7. The molecule has 1 saturated heterocycles. The third kappa shape index (κ3) is 4.55. The van der Waals surface area contributed by atoms with Crippen LogP contribution in [0.15, 0.2) is 42.5 Å². The number of rotatable bonds is 5. The second kappa shape index (κ2) is 8.19. The lowest BCUT2D eigenvalue weighted by molar-refractivity contribution is 0.0925. The molecule has 29 heavy (non-hydrogen) atoms. The van der Waals surface area contributed by atoms with Crippen LogP contribution in [-0.2, 0) is 0 Å². The molecule has 1 aliphatic heterocycles. The number of nitrogens with zero attached hydrogens (tertiary/aromatic N) is 1. The average Bonchev–Trinajstić information content (AvgIpc) is 3.52. The maximum absolute atomic E-state index is 13.8. The molecular formula is C22H23F2N3O2. The fourth-order valence-electron chi connectivity index (χ4n) is 3.63. The monoisotopic (exact) mass is 399 g/mol. The van der Waals surface area contributed by atoms with Gasteiger partial charge in [0, 0.05) is 36.9 Å². The van der Waals surface area contributed by atoms with Gasteiger partial charge < -0.3 is 15.5 Å². The first-order valence-corrected chi connectivity index (χ1v) is 9.92. The first kappa shape index (κ1) is 19.4. The van der Waals surface area contributed by atoms with Crippen LogP contribution < -0.4 is 15.5 Å². The zero-order valence-corrected chi connectivity index (χ0v) is 16.0.